The Kier molecular flexibility index (Phi) is 64.9. The van der Waals surface area contributed by atoms with Gasteiger partial charge in [-0.1, -0.05) is 330 Å². The molecule has 0 rings (SSSR count). The number of phosphoric acid groups is 2. The molecular formula is C73H142O17P2. The van der Waals surface area contributed by atoms with E-state index in [0.717, 1.165) is 96.3 Å². The molecule has 19 heteroatoms. The van der Waals surface area contributed by atoms with Crippen LogP contribution < -0.4 is 0 Å². The van der Waals surface area contributed by atoms with Gasteiger partial charge in [0.25, 0.3) is 0 Å². The average molecular weight is 1350 g/mol. The molecule has 0 aromatic heterocycles. The first-order valence-electron chi connectivity index (χ1n) is 38.1. The molecular weight excluding hydrogens is 1210 g/mol. The molecule has 0 aliphatic carbocycles. The van der Waals surface area contributed by atoms with Crippen molar-refractivity contribution in [3.8, 4) is 0 Å². The van der Waals surface area contributed by atoms with Crippen molar-refractivity contribution in [1.29, 1.82) is 0 Å². The lowest BCUT2D eigenvalue weighted by atomic mass is 10.0. The summed E-state index contributed by atoms with van der Waals surface area (Å²) in [6, 6.07) is 0. The Balaban J connectivity index is 5.22. The van der Waals surface area contributed by atoms with E-state index in [1.54, 1.807) is 0 Å². The molecule has 0 spiro atoms. The van der Waals surface area contributed by atoms with E-state index in [1.165, 1.54) is 199 Å². The molecule has 2 unspecified atom stereocenters. The fraction of sp³-hybridized carbons (Fsp3) is 0.945. The second-order valence-corrected chi connectivity index (χ2v) is 29.7. The van der Waals surface area contributed by atoms with Gasteiger partial charge >= 0.3 is 39.5 Å². The molecule has 17 nitrogen and oxygen atoms in total. The van der Waals surface area contributed by atoms with Crippen LogP contribution in [0.4, 0.5) is 0 Å². The zero-order valence-corrected chi connectivity index (χ0v) is 61.5. The first kappa shape index (κ1) is 90.1. The predicted molar refractivity (Wildman–Crippen MR) is 372 cm³/mol. The summed E-state index contributed by atoms with van der Waals surface area (Å²) in [4.78, 5) is 72.6. The van der Waals surface area contributed by atoms with Crippen molar-refractivity contribution in [2.45, 2.75) is 400 Å². The summed E-state index contributed by atoms with van der Waals surface area (Å²) in [5.41, 5.74) is 0. The van der Waals surface area contributed by atoms with Crippen molar-refractivity contribution in [1.82, 2.24) is 0 Å². The van der Waals surface area contributed by atoms with Crippen LogP contribution in [-0.2, 0) is 65.4 Å². The van der Waals surface area contributed by atoms with Crippen molar-refractivity contribution in [2.24, 2.45) is 5.92 Å². The summed E-state index contributed by atoms with van der Waals surface area (Å²) in [6.45, 7) is 7.21. The Morgan fingerprint density at radius 1 is 0.293 bits per heavy atom. The minimum atomic E-state index is -4.95. The van der Waals surface area contributed by atoms with Crippen LogP contribution in [0.25, 0.3) is 0 Å². The van der Waals surface area contributed by atoms with Gasteiger partial charge in [0.2, 0.25) is 0 Å². The molecule has 0 aliphatic heterocycles. The molecule has 0 fully saturated rings. The summed E-state index contributed by atoms with van der Waals surface area (Å²) in [5.74, 6) is -1.41. The number of unbranched alkanes of at least 4 members (excludes halogenated alkanes) is 45. The summed E-state index contributed by atoms with van der Waals surface area (Å²) in [6.07, 6.45) is 54.1. The number of aliphatic hydroxyl groups excluding tert-OH is 1. The highest BCUT2D eigenvalue weighted by molar-refractivity contribution is 7.47. The minimum Gasteiger partial charge on any atom is -0.462 e. The number of phosphoric ester groups is 2. The maximum atomic E-state index is 13.1. The van der Waals surface area contributed by atoms with E-state index in [4.69, 9.17) is 37.0 Å². The van der Waals surface area contributed by atoms with Crippen molar-refractivity contribution < 1.29 is 80.2 Å². The highest BCUT2D eigenvalue weighted by Crippen LogP contribution is 2.45. The van der Waals surface area contributed by atoms with E-state index >= 15 is 0 Å². The van der Waals surface area contributed by atoms with Gasteiger partial charge in [-0.15, -0.1) is 0 Å². The molecule has 0 bridgehead atoms. The van der Waals surface area contributed by atoms with E-state index in [2.05, 4.69) is 34.6 Å². The van der Waals surface area contributed by atoms with Crippen LogP contribution in [0, 0.1) is 5.92 Å². The fourth-order valence-corrected chi connectivity index (χ4v) is 12.8. The molecule has 0 amide bonds. The Morgan fingerprint density at radius 2 is 0.500 bits per heavy atom. The van der Waals surface area contributed by atoms with Gasteiger partial charge in [0.15, 0.2) is 12.2 Å². The number of carbonyl (C=O) groups is 4. The normalized spacial score (nSPS) is 14.0. The van der Waals surface area contributed by atoms with Gasteiger partial charge in [0, 0.05) is 25.7 Å². The van der Waals surface area contributed by atoms with Crippen LogP contribution in [0.15, 0.2) is 0 Å². The smallest absolute Gasteiger partial charge is 0.462 e. The number of hydrogen-bond donors (Lipinski definition) is 3. The zero-order chi connectivity index (χ0) is 67.7. The third-order valence-electron chi connectivity index (χ3n) is 17.0. The van der Waals surface area contributed by atoms with E-state index in [-0.39, 0.29) is 25.7 Å². The van der Waals surface area contributed by atoms with Gasteiger partial charge in [0.1, 0.15) is 19.3 Å². The monoisotopic (exact) mass is 1350 g/mol. The Bertz CT molecular complexity index is 1770. The summed E-state index contributed by atoms with van der Waals surface area (Å²) in [7, 11) is -9.90. The van der Waals surface area contributed by atoms with Gasteiger partial charge in [-0.2, -0.15) is 0 Å². The third kappa shape index (κ3) is 66.7. The zero-order valence-electron chi connectivity index (χ0n) is 59.7. The lowest BCUT2D eigenvalue weighted by molar-refractivity contribution is -0.161. The van der Waals surface area contributed by atoms with Crippen LogP contribution in [0.3, 0.4) is 0 Å². The fourth-order valence-electron chi connectivity index (χ4n) is 11.2. The quantitative estimate of drug-likeness (QED) is 0.0222. The number of rotatable bonds is 73. The second-order valence-electron chi connectivity index (χ2n) is 26.8. The molecule has 0 heterocycles. The molecule has 546 valence electrons. The second kappa shape index (κ2) is 66.3. The largest absolute Gasteiger partial charge is 0.472 e. The standard InChI is InChI=1S/C73H142O17P2/c1-6-9-12-15-18-21-24-26-27-28-29-30-32-35-38-43-49-54-59-73(78)89-68(62-83-70(75)56-51-46-41-36-34-31-25-22-19-16-13-10-7-2)64-87-91(79,80)85-60-67(74)61-86-92(81,82)88-65-69(63-84-71(76)57-52-47-44-39-40-45-50-55-66(4)5)90-72(77)58-53-48-42-37-33-23-20-17-14-11-8-3/h66-69,74H,6-65H2,1-5H3,(H,79,80)(H,81,82)/t67-,68-,69-/m1/s1. The van der Waals surface area contributed by atoms with Crippen molar-refractivity contribution >= 4 is 39.5 Å². The summed E-state index contributed by atoms with van der Waals surface area (Å²) >= 11 is 0. The molecule has 0 aliphatic rings. The van der Waals surface area contributed by atoms with Gasteiger partial charge in [-0.25, -0.2) is 9.13 Å². The van der Waals surface area contributed by atoms with Crippen molar-refractivity contribution in [2.75, 3.05) is 39.6 Å². The van der Waals surface area contributed by atoms with Crippen LogP contribution in [0.2, 0.25) is 0 Å². The minimum absolute atomic E-state index is 0.106. The highest BCUT2D eigenvalue weighted by Gasteiger charge is 2.30. The van der Waals surface area contributed by atoms with E-state index in [1.807, 2.05) is 0 Å². The Hall–Kier alpha value is -1.94. The number of esters is 4. The first-order valence-corrected chi connectivity index (χ1v) is 41.1. The summed E-state index contributed by atoms with van der Waals surface area (Å²) in [5, 5.41) is 10.6. The lowest BCUT2D eigenvalue weighted by Gasteiger charge is -2.21. The van der Waals surface area contributed by atoms with Crippen LogP contribution in [0.1, 0.15) is 381 Å². The van der Waals surface area contributed by atoms with Gasteiger partial charge in [0.05, 0.1) is 26.4 Å². The maximum Gasteiger partial charge on any atom is 0.472 e. The van der Waals surface area contributed by atoms with E-state index in [9.17, 15) is 43.2 Å². The molecule has 0 saturated heterocycles. The van der Waals surface area contributed by atoms with E-state index < -0.39 is 97.5 Å². The molecule has 5 atom stereocenters. The number of hydrogen-bond acceptors (Lipinski definition) is 15. The highest BCUT2D eigenvalue weighted by atomic mass is 31.2. The molecule has 0 saturated carbocycles. The lowest BCUT2D eigenvalue weighted by Crippen LogP contribution is -2.30. The van der Waals surface area contributed by atoms with Gasteiger partial charge < -0.3 is 33.8 Å². The number of aliphatic hydroxyl groups is 1. The average Bonchev–Trinajstić information content (AvgIpc) is 3.55. The van der Waals surface area contributed by atoms with Crippen LogP contribution >= 0.6 is 15.6 Å². The van der Waals surface area contributed by atoms with E-state index in [0.29, 0.717) is 31.6 Å². The molecule has 92 heavy (non-hydrogen) atoms. The predicted octanol–water partition coefficient (Wildman–Crippen LogP) is 21.3. The Labute approximate surface area is 562 Å². The SMILES string of the molecule is CCCCCCCCCCCCCCCCCCCCC(=O)O[C@H](COC(=O)CCCCCCCCCCCCCCC)COP(=O)(O)OC[C@@H](O)COP(=O)(O)OC[C@@H](COC(=O)CCCCCCCCCC(C)C)OC(=O)CCCCCCCCCCCCC. The number of ether oxygens (including phenoxy) is 4. The molecule has 3 N–H and O–H groups in total. The van der Waals surface area contributed by atoms with Gasteiger partial charge in [-0.3, -0.25) is 37.3 Å². The summed E-state index contributed by atoms with van der Waals surface area (Å²) < 4.78 is 68.4. The number of carbonyl (C=O) groups excluding carboxylic acids is 4. The van der Waals surface area contributed by atoms with Crippen molar-refractivity contribution in [3.05, 3.63) is 0 Å². The third-order valence-corrected chi connectivity index (χ3v) is 18.9. The maximum absolute atomic E-state index is 13.1. The Morgan fingerprint density at radius 3 is 0.739 bits per heavy atom. The van der Waals surface area contributed by atoms with Crippen LogP contribution in [-0.4, -0.2) is 96.7 Å². The molecule has 0 aromatic rings. The molecule has 0 aromatic carbocycles. The molecule has 0 radical (unpaired) electrons. The van der Waals surface area contributed by atoms with Crippen LogP contribution in [0.5, 0.6) is 0 Å². The topological polar surface area (TPSA) is 237 Å². The van der Waals surface area contributed by atoms with Gasteiger partial charge in [-0.05, 0) is 31.6 Å². The first-order chi connectivity index (χ1) is 44.5. The van der Waals surface area contributed by atoms with Crippen molar-refractivity contribution in [3.63, 3.8) is 0 Å².